The van der Waals surface area contributed by atoms with Gasteiger partial charge in [-0.05, 0) is 38.1 Å². The summed E-state index contributed by atoms with van der Waals surface area (Å²) in [6.07, 6.45) is 1.74. The number of amidine groups is 1. The number of aliphatic imine (C=N–C) groups is 2. The number of nitrogens with zero attached hydrogens (tertiary/aromatic N) is 2. The Morgan fingerprint density at radius 3 is 2.25 bits per heavy atom. The van der Waals surface area contributed by atoms with E-state index in [1.807, 2.05) is 52.0 Å². The van der Waals surface area contributed by atoms with E-state index in [4.69, 9.17) is 5.73 Å². The zero-order chi connectivity index (χ0) is 12.4. The summed E-state index contributed by atoms with van der Waals surface area (Å²) in [6.45, 7) is 8.60. The van der Waals surface area contributed by atoms with Gasteiger partial charge in [0, 0.05) is 24.0 Å². The van der Waals surface area contributed by atoms with Crippen LogP contribution in [0.1, 0.15) is 33.3 Å². The van der Waals surface area contributed by atoms with Crippen molar-refractivity contribution in [3.05, 3.63) is 29.8 Å². The van der Waals surface area contributed by atoms with Gasteiger partial charge in [-0.25, -0.2) is 4.99 Å². The molecule has 16 heavy (non-hydrogen) atoms. The van der Waals surface area contributed by atoms with Crippen LogP contribution in [0.5, 0.6) is 0 Å². The molecule has 88 valence electrons. The molecule has 2 N–H and O–H groups in total. The van der Waals surface area contributed by atoms with Gasteiger partial charge >= 0.3 is 0 Å². The molecule has 0 aliphatic heterocycles. The topological polar surface area (TPSA) is 50.7 Å². The molecule has 0 bridgehead atoms. The van der Waals surface area contributed by atoms with Gasteiger partial charge in [0.15, 0.2) is 5.84 Å². The smallest absolute Gasteiger partial charge is 0.154 e. The maximum atomic E-state index is 5.60. The van der Waals surface area contributed by atoms with Gasteiger partial charge in [0.2, 0.25) is 0 Å². The number of hydrogen-bond donors (Lipinski definition) is 1. The van der Waals surface area contributed by atoms with Gasteiger partial charge < -0.3 is 5.73 Å². The van der Waals surface area contributed by atoms with E-state index in [1.165, 1.54) is 0 Å². The summed E-state index contributed by atoms with van der Waals surface area (Å²) in [4.78, 5) is 8.49. The van der Waals surface area contributed by atoms with Gasteiger partial charge in [-0.1, -0.05) is 13.8 Å². The number of rotatable bonds is 2. The molecule has 3 nitrogen and oxygen atoms in total. The van der Waals surface area contributed by atoms with Gasteiger partial charge in [-0.2, -0.15) is 0 Å². The second-order valence-corrected chi connectivity index (χ2v) is 2.81. The number of benzene rings is 1. The summed E-state index contributed by atoms with van der Waals surface area (Å²) in [6, 6.07) is 7.56. The lowest BCUT2D eigenvalue weighted by atomic mass is 10.2. The van der Waals surface area contributed by atoms with Crippen LogP contribution in [-0.4, -0.2) is 18.6 Å². The van der Waals surface area contributed by atoms with Gasteiger partial charge in [-0.3, -0.25) is 4.99 Å². The standard InChI is InChI=1S/C11H15N3.C2H6/c1-3-13-11(14-4-2)9-5-7-10(12)8-6-9;1-2/h3,5-8H,4,12H2,1-2H3;1-2H3. The Bertz CT molecular complexity index is 337. The number of hydrogen-bond acceptors (Lipinski definition) is 2. The third-order valence-electron chi connectivity index (χ3n) is 1.73. The van der Waals surface area contributed by atoms with E-state index in [1.54, 1.807) is 6.21 Å². The Morgan fingerprint density at radius 2 is 1.81 bits per heavy atom. The highest BCUT2D eigenvalue weighted by atomic mass is 14.9. The molecule has 0 spiro atoms. The second-order valence-electron chi connectivity index (χ2n) is 2.81. The first kappa shape index (κ1) is 14.4. The summed E-state index contributed by atoms with van der Waals surface area (Å²) >= 11 is 0. The van der Waals surface area contributed by atoms with Crippen molar-refractivity contribution >= 4 is 17.7 Å². The summed E-state index contributed by atoms with van der Waals surface area (Å²) in [5, 5.41) is 0. The first-order valence-corrected chi connectivity index (χ1v) is 5.67. The number of nitrogen functional groups attached to an aromatic ring is 1. The fourth-order valence-electron chi connectivity index (χ4n) is 1.11. The van der Waals surface area contributed by atoms with Crippen LogP contribution in [0.4, 0.5) is 5.69 Å². The van der Waals surface area contributed by atoms with Gasteiger partial charge in [0.05, 0.1) is 0 Å². The lowest BCUT2D eigenvalue weighted by Crippen LogP contribution is -1.98. The third kappa shape index (κ3) is 4.73. The van der Waals surface area contributed by atoms with E-state index in [0.717, 1.165) is 23.6 Å². The first-order chi connectivity index (χ1) is 7.77. The Hall–Kier alpha value is -1.64. The highest BCUT2D eigenvalue weighted by Crippen LogP contribution is 2.07. The quantitative estimate of drug-likeness (QED) is 0.463. The molecule has 0 saturated heterocycles. The zero-order valence-electron chi connectivity index (χ0n) is 10.6. The summed E-state index contributed by atoms with van der Waals surface area (Å²) < 4.78 is 0. The van der Waals surface area contributed by atoms with Crippen molar-refractivity contribution in [1.82, 2.24) is 0 Å². The van der Waals surface area contributed by atoms with Crippen LogP contribution >= 0.6 is 0 Å². The Balaban J connectivity index is 0.00000106. The van der Waals surface area contributed by atoms with Gasteiger partial charge in [-0.15, -0.1) is 0 Å². The molecule has 0 aliphatic carbocycles. The van der Waals surface area contributed by atoms with Crippen molar-refractivity contribution in [1.29, 1.82) is 0 Å². The van der Waals surface area contributed by atoms with Crippen molar-refractivity contribution in [3.63, 3.8) is 0 Å². The van der Waals surface area contributed by atoms with E-state index in [0.29, 0.717) is 0 Å². The largest absolute Gasteiger partial charge is 0.399 e. The predicted octanol–water partition coefficient (Wildman–Crippen LogP) is 3.15. The fourth-order valence-corrected chi connectivity index (χ4v) is 1.11. The number of anilines is 1. The maximum absolute atomic E-state index is 5.60. The fraction of sp³-hybridized carbons (Fsp3) is 0.385. The molecule has 0 fully saturated rings. The van der Waals surface area contributed by atoms with Crippen molar-refractivity contribution in [2.75, 3.05) is 12.3 Å². The van der Waals surface area contributed by atoms with E-state index >= 15 is 0 Å². The Labute approximate surface area is 98.1 Å². The average molecular weight is 219 g/mol. The molecular weight excluding hydrogens is 198 g/mol. The molecule has 0 heterocycles. The highest BCUT2D eigenvalue weighted by molar-refractivity contribution is 6.02. The molecule has 1 aromatic rings. The van der Waals surface area contributed by atoms with Crippen molar-refractivity contribution in [2.45, 2.75) is 27.7 Å². The van der Waals surface area contributed by atoms with Crippen molar-refractivity contribution in [3.8, 4) is 0 Å². The molecule has 0 unspecified atom stereocenters. The van der Waals surface area contributed by atoms with Gasteiger partial charge in [0.25, 0.3) is 0 Å². The number of nitrogens with two attached hydrogens (primary N) is 1. The molecule has 3 heteroatoms. The normalized spacial score (nSPS) is 11.1. The van der Waals surface area contributed by atoms with Crippen molar-refractivity contribution < 1.29 is 0 Å². The van der Waals surface area contributed by atoms with Crippen LogP contribution in [0.25, 0.3) is 0 Å². The minimum Gasteiger partial charge on any atom is -0.399 e. The average Bonchev–Trinajstić information content (AvgIpc) is 2.32. The molecule has 0 aromatic heterocycles. The molecule has 1 rings (SSSR count). The van der Waals surface area contributed by atoms with Crippen LogP contribution < -0.4 is 5.73 Å². The zero-order valence-corrected chi connectivity index (χ0v) is 10.6. The van der Waals surface area contributed by atoms with Crippen LogP contribution in [0.2, 0.25) is 0 Å². The Morgan fingerprint density at radius 1 is 1.25 bits per heavy atom. The highest BCUT2D eigenvalue weighted by Gasteiger charge is 1.98. The first-order valence-electron chi connectivity index (χ1n) is 5.67. The molecule has 0 amide bonds. The molecule has 0 atom stereocenters. The van der Waals surface area contributed by atoms with E-state index in [9.17, 15) is 0 Å². The molecule has 0 radical (unpaired) electrons. The third-order valence-corrected chi connectivity index (χ3v) is 1.73. The molecule has 0 aliphatic rings. The second kappa shape index (κ2) is 8.65. The van der Waals surface area contributed by atoms with Crippen molar-refractivity contribution in [2.24, 2.45) is 9.98 Å². The minimum absolute atomic E-state index is 0.733. The SMILES string of the molecule is CC.CC=NC(=NCC)c1ccc(N)cc1. The summed E-state index contributed by atoms with van der Waals surface area (Å²) in [5.74, 6) is 0.759. The molecule has 0 saturated carbocycles. The summed E-state index contributed by atoms with van der Waals surface area (Å²) in [5.41, 5.74) is 7.35. The van der Waals surface area contributed by atoms with Crippen LogP contribution in [0.15, 0.2) is 34.3 Å². The van der Waals surface area contributed by atoms with E-state index in [-0.39, 0.29) is 0 Å². The monoisotopic (exact) mass is 219 g/mol. The summed E-state index contributed by atoms with van der Waals surface area (Å²) in [7, 11) is 0. The van der Waals surface area contributed by atoms with Gasteiger partial charge in [0.1, 0.15) is 0 Å². The van der Waals surface area contributed by atoms with Crippen LogP contribution in [0.3, 0.4) is 0 Å². The predicted molar refractivity (Wildman–Crippen MR) is 73.4 cm³/mol. The Kier molecular flexibility index (Phi) is 7.76. The lowest BCUT2D eigenvalue weighted by Gasteiger charge is -2.00. The molecular formula is C13H21N3. The van der Waals surface area contributed by atoms with E-state index in [2.05, 4.69) is 9.98 Å². The van der Waals surface area contributed by atoms with E-state index < -0.39 is 0 Å². The van der Waals surface area contributed by atoms with Crippen LogP contribution in [-0.2, 0) is 0 Å². The lowest BCUT2D eigenvalue weighted by molar-refractivity contribution is 1.12. The minimum atomic E-state index is 0.733. The maximum Gasteiger partial charge on any atom is 0.154 e. The van der Waals surface area contributed by atoms with Crippen LogP contribution in [0, 0.1) is 0 Å². The molecule has 1 aromatic carbocycles.